The van der Waals surface area contributed by atoms with E-state index in [2.05, 4.69) is 16.7 Å². The van der Waals surface area contributed by atoms with Crippen molar-refractivity contribution in [3.8, 4) is 6.07 Å². The molecule has 152 valence electrons. The van der Waals surface area contributed by atoms with E-state index in [0.29, 0.717) is 18.2 Å². The molecule has 29 heavy (non-hydrogen) atoms. The topological polar surface area (TPSA) is 86.9 Å². The number of nitrogens with zero attached hydrogens (tertiary/aromatic N) is 2. The van der Waals surface area contributed by atoms with Crippen molar-refractivity contribution in [2.24, 2.45) is 11.8 Å². The van der Waals surface area contributed by atoms with Crippen LogP contribution in [-0.4, -0.2) is 28.5 Å². The number of para-hydroxylation sites is 1. The molecule has 1 aromatic heterocycles. The van der Waals surface area contributed by atoms with E-state index in [1.54, 1.807) is 0 Å². The van der Waals surface area contributed by atoms with Gasteiger partial charge in [0.2, 0.25) is 5.91 Å². The summed E-state index contributed by atoms with van der Waals surface area (Å²) in [6.07, 6.45) is 5.51. The number of fused-ring (bicyclic) bond motifs is 1. The SMILES string of the molecule is CCn1c(C(=O)NC2CCCCC2C(=O)NC(C#N)C2CC2)cc2ccccc21. The Morgan fingerprint density at radius 3 is 2.69 bits per heavy atom. The zero-order valence-corrected chi connectivity index (χ0v) is 16.9. The van der Waals surface area contributed by atoms with Crippen molar-refractivity contribution < 1.29 is 9.59 Å². The lowest BCUT2D eigenvalue weighted by Crippen LogP contribution is -2.50. The number of carbonyl (C=O) groups is 2. The second-order valence-corrected chi connectivity index (χ2v) is 8.26. The molecular weight excluding hydrogens is 364 g/mol. The molecule has 1 aromatic carbocycles. The lowest BCUT2D eigenvalue weighted by atomic mass is 9.83. The van der Waals surface area contributed by atoms with Crippen LogP contribution in [0, 0.1) is 23.2 Å². The molecule has 0 spiro atoms. The van der Waals surface area contributed by atoms with E-state index in [4.69, 9.17) is 0 Å². The van der Waals surface area contributed by atoms with E-state index in [1.165, 1.54) is 0 Å². The number of aromatic nitrogens is 1. The maximum Gasteiger partial charge on any atom is 0.268 e. The minimum atomic E-state index is -0.400. The summed E-state index contributed by atoms with van der Waals surface area (Å²) in [6, 6.07) is 11.5. The molecule has 3 unspecified atom stereocenters. The highest BCUT2D eigenvalue weighted by molar-refractivity contribution is 5.99. The van der Waals surface area contributed by atoms with Gasteiger partial charge in [-0.15, -0.1) is 0 Å². The quantitative estimate of drug-likeness (QED) is 0.790. The van der Waals surface area contributed by atoms with Gasteiger partial charge < -0.3 is 15.2 Å². The van der Waals surface area contributed by atoms with Crippen molar-refractivity contribution in [2.45, 2.75) is 64.1 Å². The molecule has 6 nitrogen and oxygen atoms in total. The highest BCUT2D eigenvalue weighted by atomic mass is 16.2. The smallest absolute Gasteiger partial charge is 0.268 e. The van der Waals surface area contributed by atoms with Crippen molar-refractivity contribution in [3.05, 3.63) is 36.0 Å². The number of nitrogens with one attached hydrogen (secondary N) is 2. The van der Waals surface area contributed by atoms with Gasteiger partial charge in [-0.1, -0.05) is 31.0 Å². The van der Waals surface area contributed by atoms with E-state index >= 15 is 0 Å². The molecule has 1 heterocycles. The van der Waals surface area contributed by atoms with Gasteiger partial charge in [-0.25, -0.2) is 0 Å². The number of carbonyl (C=O) groups excluding carboxylic acids is 2. The van der Waals surface area contributed by atoms with Crippen LogP contribution in [-0.2, 0) is 11.3 Å². The molecule has 0 bridgehead atoms. The van der Waals surface area contributed by atoms with Crippen LogP contribution in [0.4, 0.5) is 0 Å². The van der Waals surface area contributed by atoms with Gasteiger partial charge in [0.25, 0.3) is 5.91 Å². The van der Waals surface area contributed by atoms with Crippen molar-refractivity contribution in [3.63, 3.8) is 0 Å². The Kier molecular flexibility index (Phi) is 5.57. The minimum Gasteiger partial charge on any atom is -0.347 e. The first-order valence-electron chi connectivity index (χ1n) is 10.7. The van der Waals surface area contributed by atoms with E-state index in [1.807, 2.05) is 41.8 Å². The fraction of sp³-hybridized carbons (Fsp3) is 0.522. The third-order valence-electron chi connectivity index (χ3n) is 6.31. The van der Waals surface area contributed by atoms with Gasteiger partial charge in [0.1, 0.15) is 11.7 Å². The molecule has 4 rings (SSSR count). The molecule has 2 aliphatic carbocycles. The average molecular weight is 393 g/mol. The van der Waals surface area contributed by atoms with Gasteiger partial charge in [0.05, 0.1) is 12.0 Å². The van der Waals surface area contributed by atoms with Gasteiger partial charge in [0, 0.05) is 23.5 Å². The van der Waals surface area contributed by atoms with Crippen LogP contribution in [0.3, 0.4) is 0 Å². The lowest BCUT2D eigenvalue weighted by molar-refractivity contribution is -0.127. The van der Waals surface area contributed by atoms with E-state index in [-0.39, 0.29) is 23.8 Å². The Bertz CT molecular complexity index is 953. The zero-order chi connectivity index (χ0) is 20.4. The first-order chi connectivity index (χ1) is 14.1. The largest absolute Gasteiger partial charge is 0.347 e. The van der Waals surface area contributed by atoms with Crippen molar-refractivity contribution >= 4 is 22.7 Å². The molecule has 2 N–H and O–H groups in total. The Labute approximate surface area is 171 Å². The molecule has 2 amide bonds. The number of nitriles is 1. The Morgan fingerprint density at radius 2 is 1.97 bits per heavy atom. The molecule has 2 aromatic rings. The predicted octanol–water partition coefficient (Wildman–Crippen LogP) is 3.37. The van der Waals surface area contributed by atoms with Crippen LogP contribution >= 0.6 is 0 Å². The highest BCUT2D eigenvalue weighted by Crippen LogP contribution is 2.33. The van der Waals surface area contributed by atoms with Crippen molar-refractivity contribution in [1.29, 1.82) is 5.26 Å². The fourth-order valence-corrected chi connectivity index (χ4v) is 4.54. The minimum absolute atomic E-state index is 0.0931. The van der Waals surface area contributed by atoms with Crippen molar-refractivity contribution in [1.82, 2.24) is 15.2 Å². The molecule has 2 fully saturated rings. The van der Waals surface area contributed by atoms with Crippen LogP contribution in [0.25, 0.3) is 10.9 Å². The summed E-state index contributed by atoms with van der Waals surface area (Å²) in [5.41, 5.74) is 1.67. The third kappa shape index (κ3) is 4.00. The van der Waals surface area contributed by atoms with E-state index in [0.717, 1.165) is 49.4 Å². The van der Waals surface area contributed by atoms with Crippen LogP contribution in [0.1, 0.15) is 55.9 Å². The Morgan fingerprint density at radius 1 is 1.21 bits per heavy atom. The Balaban J connectivity index is 1.50. The van der Waals surface area contributed by atoms with Crippen LogP contribution < -0.4 is 10.6 Å². The van der Waals surface area contributed by atoms with Crippen molar-refractivity contribution in [2.75, 3.05) is 0 Å². The third-order valence-corrected chi connectivity index (χ3v) is 6.31. The second-order valence-electron chi connectivity index (χ2n) is 8.26. The summed E-state index contributed by atoms with van der Waals surface area (Å²) < 4.78 is 2.02. The van der Waals surface area contributed by atoms with Gasteiger partial charge in [-0.05, 0) is 50.7 Å². The summed E-state index contributed by atoms with van der Waals surface area (Å²) in [7, 11) is 0. The molecule has 2 aliphatic rings. The summed E-state index contributed by atoms with van der Waals surface area (Å²) in [4.78, 5) is 26.0. The number of amides is 2. The van der Waals surface area contributed by atoms with Gasteiger partial charge in [0.15, 0.2) is 0 Å². The first-order valence-corrected chi connectivity index (χ1v) is 10.7. The average Bonchev–Trinajstić information content (AvgIpc) is 3.51. The summed E-state index contributed by atoms with van der Waals surface area (Å²) >= 11 is 0. The van der Waals surface area contributed by atoms with Crippen LogP contribution in [0.2, 0.25) is 0 Å². The molecular formula is C23H28N4O2. The molecule has 0 aliphatic heterocycles. The summed E-state index contributed by atoms with van der Waals surface area (Å²) in [6.45, 7) is 2.73. The summed E-state index contributed by atoms with van der Waals surface area (Å²) in [5.74, 6) is -0.209. The lowest BCUT2D eigenvalue weighted by Gasteiger charge is -2.32. The first kappa shape index (κ1) is 19.5. The van der Waals surface area contributed by atoms with E-state index < -0.39 is 6.04 Å². The number of hydrogen-bond donors (Lipinski definition) is 2. The molecule has 0 radical (unpaired) electrons. The second kappa shape index (κ2) is 8.28. The van der Waals surface area contributed by atoms with E-state index in [9.17, 15) is 14.9 Å². The monoisotopic (exact) mass is 392 g/mol. The standard InChI is InChI=1S/C23H28N4O2/c1-2-27-20-10-6-3-7-16(20)13-21(27)23(29)25-18-9-5-4-8-17(18)22(28)26-19(14-24)15-11-12-15/h3,6-7,10,13,15,17-19H,2,4-5,8-9,11-12H2,1H3,(H,25,29)(H,26,28). The van der Waals surface area contributed by atoms with Crippen LogP contribution in [0.5, 0.6) is 0 Å². The van der Waals surface area contributed by atoms with Gasteiger partial charge in [-0.3, -0.25) is 9.59 Å². The highest BCUT2D eigenvalue weighted by Gasteiger charge is 2.37. The van der Waals surface area contributed by atoms with Gasteiger partial charge >= 0.3 is 0 Å². The maximum absolute atomic E-state index is 13.1. The molecule has 2 saturated carbocycles. The molecule has 0 saturated heterocycles. The normalized spacial score (nSPS) is 22.6. The Hall–Kier alpha value is -2.81. The summed E-state index contributed by atoms with van der Waals surface area (Å²) in [5, 5.41) is 16.4. The number of benzene rings is 1. The number of hydrogen-bond acceptors (Lipinski definition) is 3. The maximum atomic E-state index is 13.1. The molecule has 6 heteroatoms. The fourth-order valence-electron chi connectivity index (χ4n) is 4.54. The number of rotatable bonds is 6. The number of aryl methyl sites for hydroxylation is 1. The van der Waals surface area contributed by atoms with Gasteiger partial charge in [-0.2, -0.15) is 5.26 Å². The molecule has 3 atom stereocenters. The zero-order valence-electron chi connectivity index (χ0n) is 16.9. The predicted molar refractivity (Wildman–Crippen MR) is 111 cm³/mol. The van der Waals surface area contributed by atoms with Crippen LogP contribution in [0.15, 0.2) is 30.3 Å².